The van der Waals surface area contributed by atoms with Gasteiger partial charge >= 0.3 is 0 Å². The summed E-state index contributed by atoms with van der Waals surface area (Å²) >= 11 is 0. The number of nitriles is 1. The zero-order chi connectivity index (χ0) is 20.6. The van der Waals surface area contributed by atoms with Crippen molar-refractivity contribution in [2.75, 3.05) is 6.67 Å². The van der Waals surface area contributed by atoms with Crippen molar-refractivity contribution in [3.8, 4) is 6.07 Å². The van der Waals surface area contributed by atoms with Crippen LogP contribution in [0.2, 0.25) is 0 Å². The van der Waals surface area contributed by atoms with Crippen LogP contribution in [0.25, 0.3) is 0 Å². The first-order valence-corrected chi connectivity index (χ1v) is 11.2. The smallest absolute Gasteiger partial charge is 0.144 e. The molecule has 0 N–H and O–H groups in total. The molecule has 2 fully saturated rings. The molecule has 0 saturated heterocycles. The Morgan fingerprint density at radius 3 is 2.07 bits per heavy atom. The summed E-state index contributed by atoms with van der Waals surface area (Å²) in [6.45, 7) is -0.260. The van der Waals surface area contributed by atoms with Crippen LogP contribution in [-0.2, 0) is 6.42 Å². The fraction of sp³-hybridized carbons (Fsp3) is 0.640. The zero-order valence-corrected chi connectivity index (χ0v) is 17.2. The first kappa shape index (κ1) is 21.9. The van der Waals surface area contributed by atoms with E-state index >= 15 is 0 Å². The van der Waals surface area contributed by atoms with Crippen LogP contribution in [0.15, 0.2) is 24.3 Å². The van der Waals surface area contributed by atoms with Gasteiger partial charge in [-0.2, -0.15) is 5.26 Å². The SMILES string of the molecule is N#Cc1c(F)cc(CCC2CCC([C@H]3CC[C@H](/C=C/CCF)CC3)CC2)cc1F. The van der Waals surface area contributed by atoms with E-state index in [1.165, 1.54) is 63.5 Å². The van der Waals surface area contributed by atoms with Crippen molar-refractivity contribution in [1.82, 2.24) is 0 Å². The number of hydrogen-bond acceptors (Lipinski definition) is 1. The topological polar surface area (TPSA) is 23.8 Å². The Morgan fingerprint density at radius 1 is 0.931 bits per heavy atom. The molecule has 0 spiro atoms. The second kappa shape index (κ2) is 10.9. The van der Waals surface area contributed by atoms with Gasteiger partial charge in [0.15, 0.2) is 0 Å². The average molecular weight is 404 g/mol. The molecule has 2 aliphatic carbocycles. The van der Waals surface area contributed by atoms with Gasteiger partial charge in [0.2, 0.25) is 0 Å². The maximum absolute atomic E-state index is 13.8. The summed E-state index contributed by atoms with van der Waals surface area (Å²) in [5.74, 6) is 1.44. The minimum Gasteiger partial charge on any atom is -0.251 e. The lowest BCUT2D eigenvalue weighted by Gasteiger charge is -2.37. The monoisotopic (exact) mass is 403 g/mol. The molecule has 2 aliphatic rings. The third kappa shape index (κ3) is 6.11. The molecule has 2 saturated carbocycles. The van der Waals surface area contributed by atoms with Gasteiger partial charge in [0.05, 0.1) is 6.67 Å². The molecule has 0 amide bonds. The van der Waals surface area contributed by atoms with E-state index < -0.39 is 17.2 Å². The van der Waals surface area contributed by atoms with Gasteiger partial charge in [0.1, 0.15) is 23.3 Å². The van der Waals surface area contributed by atoms with Crippen LogP contribution >= 0.6 is 0 Å². The average Bonchev–Trinajstić information content (AvgIpc) is 2.73. The van der Waals surface area contributed by atoms with E-state index in [2.05, 4.69) is 6.08 Å². The Balaban J connectivity index is 1.40. The van der Waals surface area contributed by atoms with Crippen LogP contribution in [0.3, 0.4) is 0 Å². The van der Waals surface area contributed by atoms with Crippen molar-refractivity contribution in [2.45, 2.75) is 70.6 Å². The van der Waals surface area contributed by atoms with Gasteiger partial charge in [0, 0.05) is 0 Å². The number of nitrogens with zero attached hydrogens (tertiary/aromatic N) is 1. The third-order valence-corrected chi connectivity index (χ3v) is 7.11. The predicted molar refractivity (Wildman–Crippen MR) is 110 cm³/mol. The minimum absolute atomic E-state index is 0.260. The van der Waals surface area contributed by atoms with Crippen molar-refractivity contribution in [3.05, 3.63) is 47.0 Å². The van der Waals surface area contributed by atoms with Gasteiger partial charge < -0.3 is 0 Å². The van der Waals surface area contributed by atoms with Crippen molar-refractivity contribution in [3.63, 3.8) is 0 Å². The van der Waals surface area contributed by atoms with E-state index in [-0.39, 0.29) is 6.67 Å². The van der Waals surface area contributed by atoms with E-state index in [9.17, 15) is 13.2 Å². The van der Waals surface area contributed by atoms with Crippen LogP contribution in [-0.4, -0.2) is 6.67 Å². The van der Waals surface area contributed by atoms with Crippen LogP contribution in [0.1, 0.15) is 75.3 Å². The molecule has 0 atom stereocenters. The van der Waals surface area contributed by atoms with E-state index in [1.54, 1.807) is 6.07 Å². The normalized spacial score (nSPS) is 27.8. The van der Waals surface area contributed by atoms with E-state index in [4.69, 9.17) is 5.26 Å². The minimum atomic E-state index is -0.749. The Bertz CT molecular complexity index is 697. The maximum Gasteiger partial charge on any atom is 0.144 e. The highest BCUT2D eigenvalue weighted by Crippen LogP contribution is 2.42. The van der Waals surface area contributed by atoms with Crippen molar-refractivity contribution in [1.29, 1.82) is 5.26 Å². The number of rotatable bonds is 7. The molecule has 0 radical (unpaired) electrons. The lowest BCUT2D eigenvalue weighted by atomic mass is 9.68. The molecule has 1 aromatic rings. The number of alkyl halides is 1. The van der Waals surface area contributed by atoms with Crippen molar-refractivity contribution < 1.29 is 13.2 Å². The van der Waals surface area contributed by atoms with Gasteiger partial charge in [-0.15, -0.1) is 0 Å². The number of halogens is 3. The molecular weight excluding hydrogens is 371 g/mol. The standard InChI is InChI=1S/C25H32F3N/c26-14-2-1-3-18-6-10-21(11-7-18)22-12-8-19(9-13-22)4-5-20-15-24(27)23(17-29)25(28)16-20/h1,3,15-16,18-19,21-22H,2,4-14H2/b3-1+/t18-,19?,21-,22?. The lowest BCUT2D eigenvalue weighted by Crippen LogP contribution is -2.25. The summed E-state index contributed by atoms with van der Waals surface area (Å²) in [6, 6.07) is 4.21. The van der Waals surface area contributed by atoms with E-state index in [1.807, 2.05) is 6.08 Å². The zero-order valence-electron chi connectivity index (χ0n) is 17.2. The highest BCUT2D eigenvalue weighted by Gasteiger charge is 2.30. The van der Waals surface area contributed by atoms with Gasteiger partial charge in [-0.1, -0.05) is 25.0 Å². The summed E-state index contributed by atoms with van der Waals surface area (Å²) in [5, 5.41) is 8.77. The molecule has 4 heteroatoms. The highest BCUT2D eigenvalue weighted by molar-refractivity contribution is 5.35. The Labute approximate surface area is 173 Å². The number of allylic oxidation sites excluding steroid dienone is 2. The Hall–Kier alpha value is -1.76. The van der Waals surface area contributed by atoms with Crippen LogP contribution in [0.4, 0.5) is 13.2 Å². The highest BCUT2D eigenvalue weighted by atomic mass is 19.1. The van der Waals surface area contributed by atoms with Crippen molar-refractivity contribution in [2.24, 2.45) is 23.7 Å². The molecule has 0 bridgehead atoms. The molecule has 3 rings (SSSR count). The molecule has 0 aromatic heterocycles. The lowest BCUT2D eigenvalue weighted by molar-refractivity contribution is 0.152. The van der Waals surface area contributed by atoms with Crippen LogP contribution in [0.5, 0.6) is 0 Å². The number of hydrogen-bond donors (Lipinski definition) is 0. The third-order valence-electron chi connectivity index (χ3n) is 7.11. The first-order chi connectivity index (χ1) is 14.1. The molecule has 1 nitrogen and oxygen atoms in total. The molecular formula is C25H32F3N. The first-order valence-electron chi connectivity index (χ1n) is 11.2. The molecule has 158 valence electrons. The van der Waals surface area contributed by atoms with Gasteiger partial charge in [-0.05, 0) is 99.2 Å². The Morgan fingerprint density at radius 2 is 1.52 bits per heavy atom. The molecule has 0 aliphatic heterocycles. The molecule has 0 unspecified atom stereocenters. The molecule has 1 aromatic carbocycles. The fourth-order valence-corrected chi connectivity index (χ4v) is 5.36. The summed E-state index contributed by atoms with van der Waals surface area (Å²) in [7, 11) is 0. The Kier molecular flexibility index (Phi) is 8.21. The van der Waals surface area contributed by atoms with Crippen LogP contribution in [0, 0.1) is 46.6 Å². The summed E-state index contributed by atoms with van der Waals surface area (Å²) in [5.41, 5.74) is 0.169. The summed E-state index contributed by atoms with van der Waals surface area (Å²) < 4.78 is 39.7. The maximum atomic E-state index is 13.8. The predicted octanol–water partition coefficient (Wildman–Crippen LogP) is 7.30. The van der Waals surface area contributed by atoms with Gasteiger partial charge in [-0.3, -0.25) is 4.39 Å². The largest absolute Gasteiger partial charge is 0.251 e. The molecule has 0 heterocycles. The van der Waals surface area contributed by atoms with E-state index in [0.29, 0.717) is 30.2 Å². The molecule has 29 heavy (non-hydrogen) atoms. The van der Waals surface area contributed by atoms with Crippen LogP contribution < -0.4 is 0 Å². The second-order valence-corrected chi connectivity index (χ2v) is 8.95. The number of aryl methyl sites for hydroxylation is 1. The van der Waals surface area contributed by atoms with Gasteiger partial charge in [0.25, 0.3) is 0 Å². The summed E-state index contributed by atoms with van der Waals surface area (Å²) in [6.07, 6.45) is 16.4. The van der Waals surface area contributed by atoms with Gasteiger partial charge in [-0.25, -0.2) is 8.78 Å². The fourth-order valence-electron chi connectivity index (χ4n) is 5.36. The quantitative estimate of drug-likeness (QED) is 0.438. The number of benzene rings is 1. The second-order valence-electron chi connectivity index (χ2n) is 8.95. The van der Waals surface area contributed by atoms with E-state index in [0.717, 1.165) is 18.3 Å². The van der Waals surface area contributed by atoms with Crippen molar-refractivity contribution >= 4 is 0 Å². The summed E-state index contributed by atoms with van der Waals surface area (Å²) in [4.78, 5) is 0.